The second kappa shape index (κ2) is 6.90. The summed E-state index contributed by atoms with van der Waals surface area (Å²) in [6.45, 7) is 7.05. The Morgan fingerprint density at radius 2 is 1.55 bits per heavy atom. The molecule has 2 aliphatic rings. The molecule has 120 valence electrons. The van der Waals surface area contributed by atoms with Crippen LogP contribution in [0.2, 0.25) is 0 Å². The molecule has 5 nitrogen and oxygen atoms in total. The monoisotopic (exact) mass is 304 g/mol. The summed E-state index contributed by atoms with van der Waals surface area (Å²) in [5.74, 6) is -0.128. The Kier molecular flexibility index (Phi) is 5.16. The number of rotatable bonds is 3. The van der Waals surface area contributed by atoms with E-state index in [1.165, 1.54) is 6.42 Å². The van der Waals surface area contributed by atoms with Crippen molar-refractivity contribution in [2.75, 3.05) is 19.6 Å². The molecule has 0 bridgehead atoms. The lowest BCUT2D eigenvalue weighted by atomic mass is 9.84. The van der Waals surface area contributed by atoms with Gasteiger partial charge in [-0.25, -0.2) is 4.79 Å². The lowest BCUT2D eigenvalue weighted by molar-refractivity contribution is -0.116. The molecule has 2 amide bonds. The number of carbonyl (C=O) groups is 3. The van der Waals surface area contributed by atoms with Crippen LogP contribution in [0.15, 0.2) is 22.3 Å². The summed E-state index contributed by atoms with van der Waals surface area (Å²) in [6.07, 6.45) is 3.68. The Bertz CT molecular complexity index is 566. The highest BCUT2D eigenvalue weighted by Gasteiger charge is 2.27. The van der Waals surface area contributed by atoms with Gasteiger partial charge < -0.3 is 10.2 Å². The van der Waals surface area contributed by atoms with Crippen molar-refractivity contribution in [3.63, 3.8) is 0 Å². The van der Waals surface area contributed by atoms with Crippen molar-refractivity contribution in [2.45, 2.75) is 46.5 Å². The van der Waals surface area contributed by atoms with E-state index in [1.54, 1.807) is 20.8 Å². The zero-order valence-electron chi connectivity index (χ0n) is 13.6. The molecular weight excluding hydrogens is 280 g/mol. The summed E-state index contributed by atoms with van der Waals surface area (Å²) in [7, 11) is 0. The van der Waals surface area contributed by atoms with Crippen LogP contribution in [0.4, 0.5) is 4.79 Å². The van der Waals surface area contributed by atoms with E-state index in [-0.39, 0.29) is 17.6 Å². The van der Waals surface area contributed by atoms with Gasteiger partial charge in [0.25, 0.3) is 0 Å². The van der Waals surface area contributed by atoms with Gasteiger partial charge >= 0.3 is 6.03 Å². The second-order valence-electron chi connectivity index (χ2n) is 6.04. The number of urea groups is 1. The number of allylic oxidation sites excluding steroid dienone is 3. The molecule has 1 heterocycles. The number of carbonyl (C=O) groups excluding carboxylic acids is 3. The SMILES string of the molecule is CC1=C(C)C(=O)C(CCNC(=O)N2CCCCC2)=C(C)C1=O. The van der Waals surface area contributed by atoms with Crippen molar-refractivity contribution in [2.24, 2.45) is 0 Å². The predicted molar refractivity (Wildman–Crippen MR) is 84.5 cm³/mol. The van der Waals surface area contributed by atoms with Crippen LogP contribution >= 0.6 is 0 Å². The number of nitrogens with one attached hydrogen (secondary N) is 1. The molecule has 5 heteroatoms. The molecule has 0 aromatic carbocycles. The van der Waals surface area contributed by atoms with Gasteiger partial charge in [-0.1, -0.05) is 0 Å². The average Bonchev–Trinajstić information content (AvgIpc) is 2.55. The number of hydrogen-bond acceptors (Lipinski definition) is 3. The molecule has 1 N–H and O–H groups in total. The minimum atomic E-state index is -0.0732. The Labute approximate surface area is 131 Å². The molecule has 0 unspecified atom stereocenters. The highest BCUT2D eigenvalue weighted by molar-refractivity contribution is 6.24. The number of hydrogen-bond donors (Lipinski definition) is 1. The number of likely N-dealkylation sites (tertiary alicyclic amines) is 1. The number of Topliss-reactive ketones (excluding diaryl/α,β-unsaturated/α-hetero) is 2. The third-order valence-corrected chi connectivity index (χ3v) is 4.61. The van der Waals surface area contributed by atoms with E-state index >= 15 is 0 Å². The molecule has 0 aromatic heterocycles. The van der Waals surface area contributed by atoms with Gasteiger partial charge in [0.15, 0.2) is 11.6 Å². The molecule has 0 atom stereocenters. The van der Waals surface area contributed by atoms with Gasteiger partial charge in [-0.2, -0.15) is 0 Å². The maximum Gasteiger partial charge on any atom is 0.317 e. The largest absolute Gasteiger partial charge is 0.338 e. The summed E-state index contributed by atoms with van der Waals surface area (Å²) < 4.78 is 0. The lowest BCUT2D eigenvalue weighted by Crippen LogP contribution is -2.43. The minimum absolute atomic E-state index is 0.0607. The van der Waals surface area contributed by atoms with E-state index in [9.17, 15) is 14.4 Å². The summed E-state index contributed by atoms with van der Waals surface area (Å²) in [4.78, 5) is 38.2. The fourth-order valence-corrected chi connectivity index (χ4v) is 2.96. The van der Waals surface area contributed by atoms with Crippen LogP contribution in [0.5, 0.6) is 0 Å². The van der Waals surface area contributed by atoms with Gasteiger partial charge in [0.1, 0.15) is 0 Å². The van der Waals surface area contributed by atoms with Crippen LogP contribution in [0, 0.1) is 0 Å². The van der Waals surface area contributed by atoms with E-state index < -0.39 is 0 Å². The number of amides is 2. The molecule has 1 aliphatic carbocycles. The lowest BCUT2D eigenvalue weighted by Gasteiger charge is -2.27. The Morgan fingerprint density at radius 1 is 0.955 bits per heavy atom. The van der Waals surface area contributed by atoms with Gasteiger partial charge in [-0.15, -0.1) is 0 Å². The van der Waals surface area contributed by atoms with Gasteiger partial charge in [0, 0.05) is 41.9 Å². The summed E-state index contributed by atoms with van der Waals surface area (Å²) in [5, 5.41) is 2.85. The molecule has 0 aromatic rings. The quantitative estimate of drug-likeness (QED) is 0.814. The maximum atomic E-state index is 12.3. The smallest absolute Gasteiger partial charge is 0.317 e. The van der Waals surface area contributed by atoms with Crippen LogP contribution in [-0.4, -0.2) is 42.1 Å². The Balaban J connectivity index is 1.92. The standard InChI is InChI=1S/C17H24N2O3/c1-11-12(2)16(21)14(13(3)15(11)20)7-8-18-17(22)19-9-5-4-6-10-19/h4-10H2,1-3H3,(H,18,22). The van der Waals surface area contributed by atoms with E-state index in [4.69, 9.17) is 0 Å². The first-order valence-electron chi connectivity index (χ1n) is 7.93. The zero-order valence-corrected chi connectivity index (χ0v) is 13.6. The maximum absolute atomic E-state index is 12.3. The van der Waals surface area contributed by atoms with Crippen LogP contribution < -0.4 is 5.32 Å². The highest BCUT2D eigenvalue weighted by Crippen LogP contribution is 2.25. The molecule has 1 saturated heterocycles. The van der Waals surface area contributed by atoms with Crippen LogP contribution in [0.3, 0.4) is 0 Å². The zero-order chi connectivity index (χ0) is 16.3. The molecule has 1 fully saturated rings. The first-order valence-corrected chi connectivity index (χ1v) is 7.93. The van der Waals surface area contributed by atoms with Crippen LogP contribution in [0.1, 0.15) is 46.5 Å². The fourth-order valence-electron chi connectivity index (χ4n) is 2.96. The molecule has 0 spiro atoms. The first-order chi connectivity index (χ1) is 10.4. The van der Waals surface area contributed by atoms with Crippen molar-refractivity contribution < 1.29 is 14.4 Å². The third kappa shape index (κ3) is 3.29. The topological polar surface area (TPSA) is 66.5 Å². The summed E-state index contributed by atoms with van der Waals surface area (Å²) in [6, 6.07) is -0.0732. The average molecular weight is 304 g/mol. The fraction of sp³-hybridized carbons (Fsp3) is 0.588. The molecule has 1 aliphatic heterocycles. The van der Waals surface area contributed by atoms with E-state index in [2.05, 4.69) is 5.32 Å². The minimum Gasteiger partial charge on any atom is -0.338 e. The summed E-state index contributed by atoms with van der Waals surface area (Å²) >= 11 is 0. The Hall–Kier alpha value is -1.91. The first kappa shape index (κ1) is 16.5. The highest BCUT2D eigenvalue weighted by atomic mass is 16.2. The van der Waals surface area contributed by atoms with Crippen LogP contribution in [-0.2, 0) is 9.59 Å². The van der Waals surface area contributed by atoms with Crippen molar-refractivity contribution in [1.82, 2.24) is 10.2 Å². The third-order valence-electron chi connectivity index (χ3n) is 4.61. The van der Waals surface area contributed by atoms with Crippen molar-refractivity contribution in [3.8, 4) is 0 Å². The molecule has 0 saturated carbocycles. The van der Waals surface area contributed by atoms with E-state index in [1.807, 2.05) is 4.90 Å². The van der Waals surface area contributed by atoms with Crippen molar-refractivity contribution in [3.05, 3.63) is 22.3 Å². The Morgan fingerprint density at radius 3 is 2.18 bits per heavy atom. The number of piperidine rings is 1. The van der Waals surface area contributed by atoms with Gasteiger partial charge in [-0.05, 0) is 46.5 Å². The molecule has 2 rings (SSSR count). The van der Waals surface area contributed by atoms with Crippen LogP contribution in [0.25, 0.3) is 0 Å². The van der Waals surface area contributed by atoms with Gasteiger partial charge in [0.2, 0.25) is 0 Å². The van der Waals surface area contributed by atoms with Gasteiger partial charge in [0.05, 0.1) is 0 Å². The predicted octanol–water partition coefficient (Wildman–Crippen LogP) is 2.38. The van der Waals surface area contributed by atoms with E-state index in [0.717, 1.165) is 25.9 Å². The van der Waals surface area contributed by atoms with E-state index in [0.29, 0.717) is 35.3 Å². The molecule has 22 heavy (non-hydrogen) atoms. The van der Waals surface area contributed by atoms with Crippen molar-refractivity contribution in [1.29, 1.82) is 0 Å². The molecular formula is C17H24N2O3. The summed E-state index contributed by atoms with van der Waals surface area (Å²) in [5.41, 5.74) is 2.10. The van der Waals surface area contributed by atoms with Crippen molar-refractivity contribution >= 4 is 17.6 Å². The van der Waals surface area contributed by atoms with Gasteiger partial charge in [-0.3, -0.25) is 9.59 Å². The normalized spacial score (nSPS) is 19.9. The second-order valence-corrected chi connectivity index (χ2v) is 6.04. The number of ketones is 2. The number of nitrogens with zero attached hydrogens (tertiary/aromatic N) is 1. The molecule has 0 radical (unpaired) electrons.